The van der Waals surface area contributed by atoms with Gasteiger partial charge >= 0.3 is 0 Å². The number of benzene rings is 4. The minimum atomic E-state index is -0.490. The number of methoxy groups -OCH3 is 1. The number of rotatable bonds is 14. The van der Waals surface area contributed by atoms with Crippen LogP contribution in [-0.4, -0.2) is 42.2 Å². The molecular formula is C52H63N3O6. The molecule has 0 fully saturated rings. The molecule has 9 nitrogen and oxygen atoms in total. The summed E-state index contributed by atoms with van der Waals surface area (Å²) in [7, 11) is 3.31. The number of fused-ring (bicyclic) bond motifs is 9. The maximum atomic E-state index is 13.7. The van der Waals surface area contributed by atoms with E-state index in [4.69, 9.17) is 19.9 Å². The zero-order valence-electron chi connectivity index (χ0n) is 36.4. The minimum absolute atomic E-state index is 0.0373. The number of aryl methyl sites for hydroxylation is 3. The van der Waals surface area contributed by atoms with Crippen LogP contribution in [0.3, 0.4) is 0 Å². The summed E-state index contributed by atoms with van der Waals surface area (Å²) in [4.78, 5) is 17.8. The zero-order valence-corrected chi connectivity index (χ0v) is 36.4. The molecule has 5 N–H and O–H groups in total. The number of aromatic hydroxyl groups is 1. The lowest BCUT2D eigenvalue weighted by atomic mass is 9.80. The lowest BCUT2D eigenvalue weighted by molar-refractivity contribution is -0.121. The van der Waals surface area contributed by atoms with Gasteiger partial charge in [0.2, 0.25) is 0 Å². The van der Waals surface area contributed by atoms with E-state index in [2.05, 4.69) is 66.5 Å². The molecule has 2 heterocycles. The molecule has 3 atom stereocenters. The molecule has 0 aromatic heterocycles. The van der Waals surface area contributed by atoms with Gasteiger partial charge in [-0.05, 0) is 144 Å². The number of phenolic OH excluding ortho intramolecular Hbond substituents is 1. The average Bonchev–Trinajstić information content (AvgIpc) is 3.26. The van der Waals surface area contributed by atoms with Crippen molar-refractivity contribution in [3.8, 4) is 29.3 Å². The highest BCUT2D eigenvalue weighted by molar-refractivity contribution is 5.93. The van der Waals surface area contributed by atoms with Gasteiger partial charge in [-0.15, -0.1) is 0 Å². The Morgan fingerprint density at radius 1 is 0.951 bits per heavy atom. The van der Waals surface area contributed by atoms with E-state index in [1.165, 1.54) is 17.5 Å². The molecule has 61 heavy (non-hydrogen) atoms. The summed E-state index contributed by atoms with van der Waals surface area (Å²) in [6.07, 6.45) is 19.2. The number of ketones is 1. The fourth-order valence-corrected chi connectivity index (χ4v) is 8.71. The number of ether oxygens (including phenoxy) is 3. The van der Waals surface area contributed by atoms with Crippen LogP contribution >= 0.6 is 0 Å². The smallest absolute Gasteiger partial charge is 0.192 e. The summed E-state index contributed by atoms with van der Waals surface area (Å²) >= 11 is 0. The number of phenols is 1. The Kier molecular flexibility index (Phi) is 16.2. The number of carbonyl (C=O) groups excluding carboxylic acids is 1. The number of allylic oxidation sites excluding steroid dienone is 3. The number of nitrogens with one attached hydrogen (secondary N) is 1. The van der Waals surface area contributed by atoms with Crippen LogP contribution in [0.4, 0.5) is 5.69 Å². The Bertz CT molecular complexity index is 2300. The summed E-state index contributed by atoms with van der Waals surface area (Å²) < 4.78 is 18.2. The normalized spacial score (nSPS) is 18.3. The first-order valence-corrected chi connectivity index (χ1v) is 22.1. The molecule has 3 unspecified atom stereocenters. The predicted octanol–water partition coefficient (Wildman–Crippen LogP) is 10.6. The van der Waals surface area contributed by atoms with Crippen LogP contribution in [-0.2, 0) is 48.2 Å². The number of unbranched alkanes of at least 4 members (excludes halogenated alkanes) is 3. The van der Waals surface area contributed by atoms with Gasteiger partial charge in [-0.3, -0.25) is 9.79 Å². The van der Waals surface area contributed by atoms with Gasteiger partial charge in [0.25, 0.3) is 0 Å². The van der Waals surface area contributed by atoms with E-state index in [0.717, 1.165) is 90.1 Å². The highest BCUT2D eigenvalue weighted by Gasteiger charge is 2.27. The third-order valence-electron chi connectivity index (χ3n) is 12.1. The topological polar surface area (TPSA) is 136 Å². The Hall–Kier alpha value is -5.88. The Morgan fingerprint density at radius 3 is 2.59 bits per heavy atom. The number of nitrogens with two attached hydrogens (primary N) is 1. The molecule has 7 rings (SSSR count). The van der Waals surface area contributed by atoms with Crippen molar-refractivity contribution >= 4 is 28.2 Å². The molecule has 1 aliphatic carbocycles. The second-order valence-corrected chi connectivity index (χ2v) is 16.4. The fraction of sp³-hybridized carbons (Fsp3) is 0.423. The van der Waals surface area contributed by atoms with E-state index in [0.29, 0.717) is 43.3 Å². The standard InChI is InChI=1S/C52H63N3O6/c1-5-7-8-16-44-39(15-11-18-48(44)55-52(53)54-3)14-10-9-13-38-22-24-41(56)30-40(38)31-43-33-42(57)23-19-35-21-26-50(59-4)51(29-35)61-34-36-20-25-45-46(17-12-27-60-43)49(58)32-37(6-2)47(45)28-36/h11,15,18,20-22,24-26,28-30,32,38,40,43,56,58H,5-10,13-14,16-17,19,23,31,33-34H2,1-4H3,(H3,53,54,55). The summed E-state index contributed by atoms with van der Waals surface area (Å²) in [5.74, 6) is 5.45. The Morgan fingerprint density at radius 2 is 1.79 bits per heavy atom. The number of anilines is 1. The average molecular weight is 826 g/mol. The van der Waals surface area contributed by atoms with Gasteiger partial charge < -0.3 is 35.5 Å². The minimum Gasteiger partial charge on any atom is -0.508 e. The second-order valence-electron chi connectivity index (χ2n) is 16.4. The first-order valence-electron chi connectivity index (χ1n) is 22.1. The van der Waals surface area contributed by atoms with E-state index in [9.17, 15) is 15.0 Å². The van der Waals surface area contributed by atoms with Crippen molar-refractivity contribution in [2.24, 2.45) is 22.6 Å². The molecule has 0 radical (unpaired) electrons. The lowest BCUT2D eigenvalue weighted by Crippen LogP contribution is -2.24. The van der Waals surface area contributed by atoms with Crippen LogP contribution < -0.4 is 20.5 Å². The number of hydrogen-bond acceptors (Lipinski definition) is 7. The third-order valence-corrected chi connectivity index (χ3v) is 12.1. The summed E-state index contributed by atoms with van der Waals surface area (Å²) in [5, 5.41) is 27.1. The predicted molar refractivity (Wildman–Crippen MR) is 246 cm³/mol. The first-order chi connectivity index (χ1) is 29.7. The number of guanidine groups is 1. The number of aliphatic hydroxyl groups excluding tert-OH is 1. The molecule has 0 amide bonds. The van der Waals surface area contributed by atoms with Crippen molar-refractivity contribution in [3.63, 3.8) is 0 Å². The SMILES string of the molecule is CCCCCc1c(CCCCC2C=CC(O)=CC2CC2CC(=O)CCc3ccc(OC)c(c3)OCc3ccc4c(c(O)cc(CC)c4c3)CC#CO2)cccc1NC(N)=NC. The van der Waals surface area contributed by atoms with Crippen molar-refractivity contribution in [1.82, 2.24) is 0 Å². The molecule has 4 aromatic carbocycles. The van der Waals surface area contributed by atoms with E-state index in [1.54, 1.807) is 20.2 Å². The van der Waals surface area contributed by atoms with Crippen molar-refractivity contribution in [1.29, 1.82) is 0 Å². The Labute approximate surface area is 362 Å². The second kappa shape index (κ2) is 22.1. The van der Waals surface area contributed by atoms with Crippen molar-refractivity contribution in [3.05, 3.63) is 118 Å². The number of aliphatic imine (C=N–C) groups is 1. The van der Waals surface area contributed by atoms with E-state index < -0.39 is 6.10 Å². The van der Waals surface area contributed by atoms with Crippen LogP contribution in [0.25, 0.3) is 10.8 Å². The highest BCUT2D eigenvalue weighted by Crippen LogP contribution is 2.36. The third kappa shape index (κ3) is 12.1. The number of nitrogens with zero attached hydrogens (tertiary/aromatic N) is 1. The Balaban J connectivity index is 1.20. The molecule has 9 heteroatoms. The van der Waals surface area contributed by atoms with Crippen molar-refractivity contribution in [2.75, 3.05) is 19.5 Å². The van der Waals surface area contributed by atoms with Gasteiger partial charge in [-0.2, -0.15) is 0 Å². The van der Waals surface area contributed by atoms with E-state index >= 15 is 0 Å². The number of Topliss-reactive ketones (excluding diaryl/α,β-unsaturated/α-hetero) is 1. The van der Waals surface area contributed by atoms with Gasteiger partial charge in [-0.25, -0.2) is 0 Å². The molecule has 0 saturated heterocycles. The van der Waals surface area contributed by atoms with E-state index in [1.807, 2.05) is 42.5 Å². The van der Waals surface area contributed by atoms with Gasteiger partial charge in [0, 0.05) is 37.6 Å². The molecule has 2 aliphatic heterocycles. The molecule has 0 saturated carbocycles. The van der Waals surface area contributed by atoms with Crippen LogP contribution in [0.5, 0.6) is 17.2 Å². The van der Waals surface area contributed by atoms with E-state index in [-0.39, 0.29) is 42.0 Å². The van der Waals surface area contributed by atoms with Crippen molar-refractivity contribution in [2.45, 2.75) is 116 Å². The highest BCUT2D eigenvalue weighted by atomic mass is 16.5. The molecule has 4 aromatic rings. The number of aliphatic hydroxyl groups is 1. The maximum absolute atomic E-state index is 13.7. The van der Waals surface area contributed by atoms with Crippen LogP contribution in [0.1, 0.15) is 105 Å². The summed E-state index contributed by atoms with van der Waals surface area (Å²) in [6, 6.07) is 20.2. The van der Waals surface area contributed by atoms with Gasteiger partial charge in [0.05, 0.1) is 7.11 Å². The van der Waals surface area contributed by atoms with Crippen LogP contribution in [0.15, 0.2) is 89.6 Å². The molecule has 0 spiro atoms. The maximum Gasteiger partial charge on any atom is 0.192 e. The lowest BCUT2D eigenvalue weighted by Gasteiger charge is -2.28. The first kappa shape index (κ1) is 44.7. The summed E-state index contributed by atoms with van der Waals surface area (Å²) in [5.41, 5.74) is 13.5. The zero-order chi connectivity index (χ0) is 43.1. The number of hydrogen-bond donors (Lipinski definition) is 4. The van der Waals surface area contributed by atoms with Crippen LogP contribution in [0, 0.1) is 23.9 Å². The molecule has 3 aliphatic rings. The molecule has 6 bridgehead atoms. The largest absolute Gasteiger partial charge is 0.508 e. The monoisotopic (exact) mass is 825 g/mol. The van der Waals surface area contributed by atoms with Gasteiger partial charge in [0.15, 0.2) is 17.5 Å². The number of carbonyl (C=O) groups is 1. The van der Waals surface area contributed by atoms with Gasteiger partial charge in [-0.1, -0.05) is 75.4 Å². The molecular weight excluding hydrogens is 763 g/mol. The fourth-order valence-electron chi connectivity index (χ4n) is 8.71. The summed E-state index contributed by atoms with van der Waals surface area (Å²) in [6.45, 7) is 4.64. The van der Waals surface area contributed by atoms with Crippen LogP contribution in [0.2, 0.25) is 0 Å². The quantitative estimate of drug-likeness (QED) is 0.0427. The van der Waals surface area contributed by atoms with Gasteiger partial charge in [0.1, 0.15) is 36.1 Å². The molecule has 322 valence electrons. The van der Waals surface area contributed by atoms with Crippen molar-refractivity contribution < 1.29 is 29.2 Å².